The average Bonchev–Trinajstić information content (AvgIpc) is 1.25. The third-order valence-electron chi connectivity index (χ3n) is 0. The Morgan fingerprint density at radius 3 is 0.500 bits per heavy atom. The first kappa shape index (κ1) is 36.1. The van der Waals surface area contributed by atoms with Gasteiger partial charge in [0.2, 0.25) is 0 Å². The van der Waals surface area contributed by atoms with Crippen molar-refractivity contribution in [1.82, 2.24) is 0 Å². The average molecular weight is 770 g/mol. The molecule has 0 saturated heterocycles. The van der Waals surface area contributed by atoms with Gasteiger partial charge in [0, 0.05) is 0 Å². The summed E-state index contributed by atoms with van der Waals surface area (Å²) in [5.74, 6) is 0. The summed E-state index contributed by atoms with van der Waals surface area (Å²) in [6.45, 7) is 0. The van der Waals surface area contributed by atoms with Crippen LogP contribution in [0, 0.1) is 0 Å². The molecule has 78 valence electrons. The zero-order chi connectivity index (χ0) is 7.15. The van der Waals surface area contributed by atoms with E-state index in [9.17, 15) is 0 Å². The van der Waals surface area contributed by atoms with Crippen LogP contribution >= 0.6 is 85.4 Å². The predicted octanol–water partition coefficient (Wildman–Crippen LogP) is -6.92. The minimum absolute atomic E-state index is 0. The summed E-state index contributed by atoms with van der Waals surface area (Å²) in [5, 5.41) is 0. The second-order valence-corrected chi connectivity index (χ2v) is 30.2. The van der Waals surface area contributed by atoms with Gasteiger partial charge in [-0.2, -0.15) is 0 Å². The standard InChI is InChI=1S/8BrH.2Li.2Ni/h8*1H;;;;/q;;;;;;;;2*+1;2*+3/p-8. The van der Waals surface area contributed by atoms with E-state index in [4.69, 9.17) is 0 Å². The van der Waals surface area contributed by atoms with Gasteiger partial charge in [0.1, 0.15) is 0 Å². The molecule has 0 atom stereocenters. The van der Waals surface area contributed by atoms with Gasteiger partial charge in [-0.05, 0) is 0 Å². The summed E-state index contributed by atoms with van der Waals surface area (Å²) in [7, 11) is -0.0417. The molecule has 0 heterocycles. The summed E-state index contributed by atoms with van der Waals surface area (Å²) in [6, 6.07) is 0. The SMILES string of the molecule is [Br-].[Br-].[Br][Ni]([Br])[Br].[Br][Ni]([Br])[Br].[Li+].[Li+]. The number of hydrogen-bond acceptors (Lipinski definition) is 0. The maximum absolute atomic E-state index is 3.15. The van der Waals surface area contributed by atoms with E-state index in [0.717, 1.165) is 0 Å². The van der Waals surface area contributed by atoms with E-state index in [-0.39, 0.29) is 87.9 Å². The van der Waals surface area contributed by atoms with Crippen LogP contribution in [-0.4, -0.2) is 0 Å². The first-order valence-corrected chi connectivity index (χ1v) is 15.4. The molecule has 12 heavy (non-hydrogen) atoms. The summed E-state index contributed by atoms with van der Waals surface area (Å²) >= 11 is 18.9. The largest absolute Gasteiger partial charge is 1.00 e. The number of hydrogen-bond donors (Lipinski definition) is 0. The first-order chi connectivity index (χ1) is 3.46. The predicted molar refractivity (Wildman–Crippen MR) is 53.6 cm³/mol. The third kappa shape index (κ3) is 99.7. The van der Waals surface area contributed by atoms with Crippen LogP contribution in [0.25, 0.3) is 0 Å². The minimum atomic E-state index is -0.0208. The van der Waals surface area contributed by atoms with Crippen molar-refractivity contribution in [2.75, 3.05) is 0 Å². The zero-order valence-electron chi connectivity index (χ0n) is 5.66. The fourth-order valence-corrected chi connectivity index (χ4v) is 0. The molecule has 0 nitrogen and oxygen atoms in total. The van der Waals surface area contributed by atoms with Crippen molar-refractivity contribution >= 4 is 85.4 Å². The van der Waals surface area contributed by atoms with E-state index < -0.39 is 0 Å². The third-order valence-corrected chi connectivity index (χ3v) is 0. The van der Waals surface area contributed by atoms with Gasteiger partial charge in [-0.3, -0.25) is 0 Å². The van der Waals surface area contributed by atoms with Gasteiger partial charge in [0.05, 0.1) is 0 Å². The Balaban J connectivity index is -0.0000000112. The van der Waals surface area contributed by atoms with Crippen LogP contribution in [0.4, 0.5) is 0 Å². The molecule has 0 aromatic rings. The molecule has 0 fully saturated rings. The van der Waals surface area contributed by atoms with Gasteiger partial charge in [-0.25, -0.2) is 0 Å². The van der Waals surface area contributed by atoms with Crippen LogP contribution in [0.15, 0.2) is 0 Å². The summed E-state index contributed by atoms with van der Waals surface area (Å²) in [5.41, 5.74) is 0. The molecule has 0 aliphatic rings. The second-order valence-electron chi connectivity index (χ2n) is 0.271. The Kier molecular flexibility index (Phi) is 91.0. The van der Waals surface area contributed by atoms with Gasteiger partial charge in [-0.1, -0.05) is 0 Å². The van der Waals surface area contributed by atoms with E-state index in [1.165, 1.54) is 0 Å². The van der Waals surface area contributed by atoms with Crippen LogP contribution in [0.5, 0.6) is 0 Å². The van der Waals surface area contributed by atoms with E-state index >= 15 is 0 Å². The molecule has 0 N–H and O–H groups in total. The normalized spacial score (nSPS) is 7.50. The Labute approximate surface area is 169 Å². The van der Waals surface area contributed by atoms with E-state index in [2.05, 4.69) is 85.4 Å². The van der Waals surface area contributed by atoms with Crippen molar-refractivity contribution in [3.8, 4) is 0 Å². The molecule has 0 aliphatic heterocycles. The maximum Gasteiger partial charge on any atom is 1.00 e. The summed E-state index contributed by atoms with van der Waals surface area (Å²) in [4.78, 5) is 0. The molecule has 0 bridgehead atoms. The molecule has 0 aliphatic carbocycles. The van der Waals surface area contributed by atoms with Crippen LogP contribution in [0.3, 0.4) is 0 Å². The molecule has 0 aromatic heterocycles. The molecule has 0 rings (SSSR count). The van der Waals surface area contributed by atoms with Gasteiger partial charge in [0.25, 0.3) is 0 Å². The molecular weight excluding hydrogens is 770 g/mol. The van der Waals surface area contributed by atoms with E-state index in [1.54, 1.807) is 0 Å². The van der Waals surface area contributed by atoms with E-state index in [0.29, 0.717) is 0 Å². The van der Waals surface area contributed by atoms with Gasteiger partial charge in [0.15, 0.2) is 0 Å². The van der Waals surface area contributed by atoms with Crippen LogP contribution in [-0.2, 0) is 16.2 Å². The monoisotopic (exact) mass is 761 g/mol. The quantitative estimate of drug-likeness (QED) is 0.215. The number of halogens is 8. The first-order valence-electron chi connectivity index (χ1n) is 0.717. The van der Waals surface area contributed by atoms with Crippen molar-refractivity contribution in [2.24, 2.45) is 0 Å². The fraction of sp³-hybridized carbons (Fsp3) is 0. The second kappa shape index (κ2) is 30.2. The molecule has 0 saturated carbocycles. The van der Waals surface area contributed by atoms with Gasteiger partial charge >= 0.3 is 139 Å². The molecule has 0 unspecified atom stereocenters. The molecule has 0 amide bonds. The van der Waals surface area contributed by atoms with Gasteiger partial charge in [-0.15, -0.1) is 0 Å². The zero-order valence-corrected chi connectivity index (χ0v) is 20.3. The fourth-order valence-electron chi connectivity index (χ4n) is 0. The topological polar surface area (TPSA) is 0 Å². The molecule has 0 spiro atoms. The van der Waals surface area contributed by atoms with Crippen molar-refractivity contribution < 1.29 is 87.9 Å². The number of rotatable bonds is 0. The van der Waals surface area contributed by atoms with Crippen molar-refractivity contribution in [3.05, 3.63) is 0 Å². The van der Waals surface area contributed by atoms with Crippen LogP contribution in [0.2, 0.25) is 0 Å². The Morgan fingerprint density at radius 2 is 0.500 bits per heavy atom. The van der Waals surface area contributed by atoms with Gasteiger partial charge < -0.3 is 34.0 Å². The van der Waals surface area contributed by atoms with Crippen molar-refractivity contribution in [1.29, 1.82) is 0 Å². The minimum Gasteiger partial charge on any atom is 1.00 e. The smallest absolute Gasteiger partial charge is 1.00 e. The Bertz CT molecular complexity index is 30.5. The molecule has 12 heteroatoms. The molecular formula is Br8Li2Ni2. The van der Waals surface area contributed by atoms with Crippen molar-refractivity contribution in [3.63, 3.8) is 0 Å². The summed E-state index contributed by atoms with van der Waals surface area (Å²) < 4.78 is 0. The maximum atomic E-state index is 3.15. The molecule has 0 aromatic carbocycles. The van der Waals surface area contributed by atoms with Crippen LogP contribution < -0.4 is 71.7 Å². The summed E-state index contributed by atoms with van der Waals surface area (Å²) in [6.07, 6.45) is 0. The van der Waals surface area contributed by atoms with E-state index in [1.807, 2.05) is 0 Å². The van der Waals surface area contributed by atoms with Crippen LogP contribution in [0.1, 0.15) is 0 Å². The van der Waals surface area contributed by atoms with Crippen molar-refractivity contribution in [2.45, 2.75) is 0 Å². The Morgan fingerprint density at radius 1 is 0.500 bits per heavy atom. The molecule has 0 radical (unpaired) electrons. The Hall–Kier alpha value is 6.02.